The molecule has 4 fully saturated rings. The monoisotopic (exact) mass is 472 g/mol. The molecule has 0 radical (unpaired) electrons. The van der Waals surface area contributed by atoms with Gasteiger partial charge in [-0.25, -0.2) is 0 Å². The van der Waals surface area contributed by atoms with Gasteiger partial charge in [0.05, 0.1) is 23.4 Å². The zero-order valence-electron chi connectivity index (χ0n) is 19.9. The second kappa shape index (κ2) is 8.04. The van der Waals surface area contributed by atoms with Crippen LogP contribution in [0.2, 0.25) is 0 Å². The number of esters is 1. The summed E-state index contributed by atoms with van der Waals surface area (Å²) < 4.78 is 5.56. The van der Waals surface area contributed by atoms with Gasteiger partial charge < -0.3 is 9.64 Å². The third-order valence-corrected chi connectivity index (χ3v) is 8.50. The number of hydrogen-bond donors (Lipinski definition) is 0. The van der Waals surface area contributed by atoms with Crippen molar-refractivity contribution in [3.05, 3.63) is 53.6 Å². The lowest BCUT2D eigenvalue weighted by molar-refractivity contribution is -0.139. The minimum atomic E-state index is -0.555. The van der Waals surface area contributed by atoms with Crippen LogP contribution in [-0.4, -0.2) is 30.2 Å². The van der Waals surface area contributed by atoms with E-state index in [4.69, 9.17) is 4.74 Å². The van der Waals surface area contributed by atoms with E-state index in [2.05, 4.69) is 0 Å². The van der Waals surface area contributed by atoms with Gasteiger partial charge in [-0.05, 0) is 92.5 Å². The van der Waals surface area contributed by atoms with Crippen LogP contribution in [0.4, 0.5) is 11.4 Å². The van der Waals surface area contributed by atoms with Gasteiger partial charge in [-0.3, -0.25) is 24.1 Å². The maximum absolute atomic E-state index is 13.0. The van der Waals surface area contributed by atoms with E-state index in [1.54, 1.807) is 29.2 Å². The molecule has 2 saturated carbocycles. The molecule has 6 rings (SSSR count). The van der Waals surface area contributed by atoms with Crippen molar-refractivity contribution in [2.75, 3.05) is 16.3 Å². The number of anilines is 2. The lowest BCUT2D eigenvalue weighted by Gasteiger charge is -2.19. The Morgan fingerprint density at radius 2 is 1.49 bits per heavy atom. The van der Waals surface area contributed by atoms with Crippen molar-refractivity contribution < 1.29 is 23.9 Å². The third kappa shape index (κ3) is 3.48. The number of amides is 3. The molecule has 0 aromatic heterocycles. The highest BCUT2D eigenvalue weighted by Gasteiger charge is 2.61. The number of rotatable bonds is 4. The van der Waals surface area contributed by atoms with Gasteiger partial charge in [0.25, 0.3) is 0 Å². The quantitative estimate of drug-likeness (QED) is 0.384. The molecule has 2 aliphatic heterocycles. The number of ether oxygens (including phenoxy) is 1. The van der Waals surface area contributed by atoms with E-state index in [9.17, 15) is 19.2 Å². The second-order valence-corrected chi connectivity index (χ2v) is 10.5. The van der Waals surface area contributed by atoms with Crippen molar-refractivity contribution in [2.24, 2.45) is 29.6 Å². The summed E-state index contributed by atoms with van der Waals surface area (Å²) in [7, 11) is 0. The van der Waals surface area contributed by atoms with Crippen LogP contribution in [0.15, 0.2) is 42.5 Å². The highest BCUT2D eigenvalue weighted by molar-refractivity contribution is 6.22. The SMILES string of the molecule is Cc1ccc(N2C[C@H](C(=O)Oc3ccc(N4C(=O)[C@@H]5[C@H]6CC[C@@H](C6)[C@@H]5C4=O)cc3)CC2=O)cc1C. The van der Waals surface area contributed by atoms with Crippen molar-refractivity contribution in [3.63, 3.8) is 0 Å². The first-order valence-corrected chi connectivity index (χ1v) is 12.4. The molecule has 7 heteroatoms. The Balaban J connectivity index is 1.12. The van der Waals surface area contributed by atoms with E-state index >= 15 is 0 Å². The number of hydrogen-bond acceptors (Lipinski definition) is 5. The van der Waals surface area contributed by atoms with E-state index in [-0.39, 0.29) is 42.5 Å². The van der Waals surface area contributed by atoms with Crippen LogP contribution in [-0.2, 0) is 19.2 Å². The molecular formula is C28H28N2O5. The van der Waals surface area contributed by atoms with Crippen molar-refractivity contribution in [2.45, 2.75) is 39.5 Å². The molecule has 0 unspecified atom stereocenters. The summed E-state index contributed by atoms with van der Waals surface area (Å²) in [4.78, 5) is 54.4. The first-order valence-electron chi connectivity index (χ1n) is 12.4. The summed E-state index contributed by atoms with van der Waals surface area (Å²) in [5.74, 6) is -0.629. The normalized spacial score (nSPS) is 29.3. The van der Waals surface area contributed by atoms with Gasteiger partial charge >= 0.3 is 5.97 Å². The van der Waals surface area contributed by atoms with E-state index < -0.39 is 11.9 Å². The first-order chi connectivity index (χ1) is 16.8. The summed E-state index contributed by atoms with van der Waals surface area (Å²) in [5.41, 5.74) is 3.54. The Hall–Kier alpha value is -3.48. The highest BCUT2D eigenvalue weighted by atomic mass is 16.5. The predicted octanol–water partition coefficient (Wildman–Crippen LogP) is 3.80. The van der Waals surface area contributed by atoms with Crippen molar-refractivity contribution in [3.8, 4) is 5.75 Å². The number of imide groups is 1. The summed E-state index contributed by atoms with van der Waals surface area (Å²) in [6, 6.07) is 12.3. The van der Waals surface area contributed by atoms with Gasteiger partial charge in [0.1, 0.15) is 5.75 Å². The van der Waals surface area contributed by atoms with Crippen LogP contribution in [0.5, 0.6) is 5.75 Å². The van der Waals surface area contributed by atoms with Gasteiger partial charge in [-0.15, -0.1) is 0 Å². The molecule has 180 valence electrons. The average molecular weight is 473 g/mol. The molecule has 2 aromatic carbocycles. The molecule has 2 heterocycles. The van der Waals surface area contributed by atoms with Gasteiger partial charge in [0, 0.05) is 18.7 Å². The van der Waals surface area contributed by atoms with E-state index in [1.807, 2.05) is 32.0 Å². The fraction of sp³-hybridized carbons (Fsp3) is 0.429. The second-order valence-electron chi connectivity index (χ2n) is 10.5. The summed E-state index contributed by atoms with van der Waals surface area (Å²) in [6.07, 6.45) is 3.18. The third-order valence-electron chi connectivity index (χ3n) is 8.50. The number of benzene rings is 2. The molecule has 2 saturated heterocycles. The summed E-state index contributed by atoms with van der Waals surface area (Å²) in [6.45, 7) is 4.29. The highest BCUT2D eigenvalue weighted by Crippen LogP contribution is 2.56. The number of aryl methyl sites for hydroxylation is 2. The van der Waals surface area contributed by atoms with Gasteiger partial charge in [0.15, 0.2) is 0 Å². The molecule has 2 bridgehead atoms. The fourth-order valence-corrected chi connectivity index (χ4v) is 6.53. The Bertz CT molecular complexity index is 1220. The number of nitrogens with zero attached hydrogens (tertiary/aromatic N) is 2. The number of carbonyl (C=O) groups excluding carboxylic acids is 4. The van der Waals surface area contributed by atoms with Crippen LogP contribution < -0.4 is 14.5 Å². The lowest BCUT2D eigenvalue weighted by Crippen LogP contribution is -2.32. The standard InChI is InChI=1S/C28H28N2O5/c1-15-3-6-21(11-16(15)2)29-14-19(13-23(29)31)28(34)35-22-9-7-20(8-10-22)30-26(32)24-17-4-5-18(12-17)25(24)27(30)33/h3,6-11,17-19,24-25H,4-5,12-14H2,1-2H3/t17-,18-,19+,24-,25+/m0/s1. The molecule has 3 amide bonds. The smallest absolute Gasteiger partial charge is 0.316 e. The largest absolute Gasteiger partial charge is 0.426 e. The summed E-state index contributed by atoms with van der Waals surface area (Å²) >= 11 is 0. The topological polar surface area (TPSA) is 84.0 Å². The zero-order chi connectivity index (χ0) is 24.4. The van der Waals surface area contributed by atoms with E-state index in [1.165, 1.54) is 4.90 Å². The van der Waals surface area contributed by atoms with Crippen LogP contribution in [0, 0.1) is 43.4 Å². The Kier molecular flexibility index (Phi) is 5.06. The minimum absolute atomic E-state index is 0.0900. The van der Waals surface area contributed by atoms with Crippen LogP contribution >= 0.6 is 0 Å². The Morgan fingerprint density at radius 1 is 0.857 bits per heavy atom. The predicted molar refractivity (Wildman–Crippen MR) is 129 cm³/mol. The van der Waals surface area contributed by atoms with Crippen LogP contribution in [0.3, 0.4) is 0 Å². The van der Waals surface area contributed by atoms with Crippen LogP contribution in [0.1, 0.15) is 36.8 Å². The zero-order valence-corrected chi connectivity index (χ0v) is 19.9. The maximum atomic E-state index is 13.0. The van der Waals surface area contributed by atoms with Crippen LogP contribution in [0.25, 0.3) is 0 Å². The molecule has 4 aliphatic rings. The maximum Gasteiger partial charge on any atom is 0.316 e. The Morgan fingerprint density at radius 3 is 2.11 bits per heavy atom. The van der Waals surface area contributed by atoms with E-state index in [0.717, 1.165) is 36.1 Å². The number of fused-ring (bicyclic) bond motifs is 5. The molecule has 0 N–H and O–H groups in total. The van der Waals surface area contributed by atoms with Gasteiger partial charge in [0.2, 0.25) is 17.7 Å². The molecule has 7 nitrogen and oxygen atoms in total. The molecule has 0 spiro atoms. The summed E-state index contributed by atoms with van der Waals surface area (Å²) in [5, 5.41) is 0. The molecule has 2 aliphatic carbocycles. The molecule has 35 heavy (non-hydrogen) atoms. The lowest BCUT2D eigenvalue weighted by atomic mass is 9.81. The number of carbonyl (C=O) groups is 4. The molecular weight excluding hydrogens is 444 g/mol. The van der Waals surface area contributed by atoms with Gasteiger partial charge in [-0.1, -0.05) is 6.07 Å². The van der Waals surface area contributed by atoms with Crippen molar-refractivity contribution >= 4 is 35.1 Å². The molecule has 5 atom stereocenters. The Labute approximate surface area is 204 Å². The average Bonchev–Trinajstić information content (AvgIpc) is 3.60. The van der Waals surface area contributed by atoms with Gasteiger partial charge in [-0.2, -0.15) is 0 Å². The molecule has 2 aromatic rings. The van der Waals surface area contributed by atoms with Crippen molar-refractivity contribution in [1.29, 1.82) is 0 Å². The fourth-order valence-electron chi connectivity index (χ4n) is 6.53. The van der Waals surface area contributed by atoms with E-state index in [0.29, 0.717) is 23.3 Å². The first kappa shape index (κ1) is 22.0. The minimum Gasteiger partial charge on any atom is -0.426 e. The van der Waals surface area contributed by atoms with Crippen molar-refractivity contribution in [1.82, 2.24) is 0 Å².